The van der Waals surface area contributed by atoms with E-state index in [0.717, 1.165) is 24.8 Å². The van der Waals surface area contributed by atoms with Crippen molar-refractivity contribution in [3.8, 4) is 0 Å². The number of rotatable bonds is 9. The summed E-state index contributed by atoms with van der Waals surface area (Å²) in [5.74, 6) is -0.770. The van der Waals surface area contributed by atoms with Gasteiger partial charge in [-0.05, 0) is 49.7 Å². The average molecular weight is 470 g/mol. The summed E-state index contributed by atoms with van der Waals surface area (Å²) < 4.78 is 5.87. The Morgan fingerprint density at radius 3 is 2.68 bits per heavy atom. The van der Waals surface area contributed by atoms with Crippen molar-refractivity contribution in [1.82, 2.24) is 15.1 Å². The molecular formula is C26H35N3O5. The standard InChI is InChI=1S/C26H35N3O5/c1-17(2)22(28(4)24(31)15-27-16-30)14-18(3)25(32)29-13-7-10-21(29)26(33)34-23-12-11-19-8-5-6-9-20(19)23/h5-6,8-9,14,16-17,21-23H,7,10-13,15H2,1-4H3,(H,27,30)/t21-,22+,23?/m0/s1. The van der Waals surface area contributed by atoms with Crippen molar-refractivity contribution in [2.24, 2.45) is 5.92 Å². The molecule has 1 fully saturated rings. The maximum absolute atomic E-state index is 13.3. The van der Waals surface area contributed by atoms with E-state index < -0.39 is 6.04 Å². The van der Waals surface area contributed by atoms with E-state index in [0.29, 0.717) is 24.9 Å². The van der Waals surface area contributed by atoms with Crippen molar-refractivity contribution in [2.75, 3.05) is 20.1 Å². The molecule has 3 rings (SSSR count). The van der Waals surface area contributed by atoms with Gasteiger partial charge in [-0.2, -0.15) is 0 Å². The predicted octanol–water partition coefficient (Wildman–Crippen LogP) is 2.38. The third kappa shape index (κ3) is 5.66. The van der Waals surface area contributed by atoms with E-state index in [4.69, 9.17) is 4.74 Å². The van der Waals surface area contributed by atoms with Gasteiger partial charge in [0, 0.05) is 19.2 Å². The summed E-state index contributed by atoms with van der Waals surface area (Å²) in [4.78, 5) is 52.4. The fourth-order valence-corrected chi connectivity index (χ4v) is 4.84. The molecule has 0 bridgehead atoms. The SMILES string of the molecule is CC(=C[C@H](C(C)C)N(C)C(=O)CNC=O)C(=O)N1CCC[C@H]1C(=O)OC1CCc2ccccc21. The van der Waals surface area contributed by atoms with Crippen molar-refractivity contribution in [1.29, 1.82) is 0 Å². The number of benzene rings is 1. The minimum absolute atomic E-state index is 0.0507. The third-order valence-corrected chi connectivity index (χ3v) is 6.74. The highest BCUT2D eigenvalue weighted by molar-refractivity contribution is 5.96. The zero-order valence-corrected chi connectivity index (χ0v) is 20.5. The van der Waals surface area contributed by atoms with Crippen molar-refractivity contribution in [2.45, 2.75) is 64.6 Å². The maximum atomic E-state index is 13.3. The van der Waals surface area contributed by atoms with Crippen LogP contribution in [0, 0.1) is 5.92 Å². The number of fused-ring (bicyclic) bond motifs is 1. The van der Waals surface area contributed by atoms with E-state index >= 15 is 0 Å². The Bertz CT molecular complexity index is 958. The van der Waals surface area contributed by atoms with Crippen LogP contribution in [0.1, 0.15) is 57.3 Å². The van der Waals surface area contributed by atoms with Gasteiger partial charge in [-0.15, -0.1) is 0 Å². The molecular weight excluding hydrogens is 434 g/mol. The molecule has 1 aromatic carbocycles. The second-order valence-corrected chi connectivity index (χ2v) is 9.41. The highest BCUT2D eigenvalue weighted by atomic mass is 16.5. The van der Waals surface area contributed by atoms with Gasteiger partial charge in [0.15, 0.2) is 0 Å². The number of hydrogen-bond acceptors (Lipinski definition) is 5. The Morgan fingerprint density at radius 2 is 1.97 bits per heavy atom. The van der Waals surface area contributed by atoms with Gasteiger partial charge in [-0.25, -0.2) is 4.79 Å². The topological polar surface area (TPSA) is 96.0 Å². The van der Waals surface area contributed by atoms with Gasteiger partial charge in [0.2, 0.25) is 18.2 Å². The van der Waals surface area contributed by atoms with Crippen molar-refractivity contribution in [3.63, 3.8) is 0 Å². The first-order valence-electron chi connectivity index (χ1n) is 11.9. The molecule has 0 spiro atoms. The summed E-state index contributed by atoms with van der Waals surface area (Å²) >= 11 is 0. The number of esters is 1. The lowest BCUT2D eigenvalue weighted by atomic mass is 9.99. The fourth-order valence-electron chi connectivity index (χ4n) is 4.84. The minimum atomic E-state index is -0.600. The van der Waals surface area contributed by atoms with Crippen molar-refractivity contribution >= 4 is 24.2 Å². The maximum Gasteiger partial charge on any atom is 0.329 e. The lowest BCUT2D eigenvalue weighted by Crippen LogP contribution is -2.45. The Morgan fingerprint density at radius 1 is 1.24 bits per heavy atom. The van der Waals surface area contributed by atoms with Gasteiger partial charge in [-0.3, -0.25) is 14.4 Å². The predicted molar refractivity (Wildman–Crippen MR) is 128 cm³/mol. The molecule has 1 aliphatic carbocycles. The number of nitrogens with one attached hydrogen (secondary N) is 1. The molecule has 8 heteroatoms. The number of nitrogens with zero attached hydrogens (tertiary/aromatic N) is 2. The van der Waals surface area contributed by atoms with Crippen LogP contribution >= 0.6 is 0 Å². The first-order chi connectivity index (χ1) is 16.2. The van der Waals surface area contributed by atoms with Crippen LogP contribution < -0.4 is 5.32 Å². The van der Waals surface area contributed by atoms with Crippen molar-refractivity contribution in [3.05, 3.63) is 47.0 Å². The van der Waals surface area contributed by atoms with E-state index in [1.165, 1.54) is 10.5 Å². The summed E-state index contributed by atoms with van der Waals surface area (Å²) in [6, 6.07) is 7.07. The smallest absolute Gasteiger partial charge is 0.329 e. The monoisotopic (exact) mass is 469 g/mol. The summed E-state index contributed by atoms with van der Waals surface area (Å²) in [5.41, 5.74) is 2.74. The van der Waals surface area contributed by atoms with E-state index in [1.807, 2.05) is 32.0 Å². The number of amides is 3. The normalized spacial score (nSPS) is 20.6. The average Bonchev–Trinajstić information content (AvgIpc) is 3.47. The van der Waals surface area contributed by atoms with Gasteiger partial charge in [0.25, 0.3) is 0 Å². The molecule has 0 aromatic heterocycles. The van der Waals surface area contributed by atoms with E-state index in [-0.39, 0.29) is 42.4 Å². The molecule has 3 atom stereocenters. The molecule has 0 saturated carbocycles. The zero-order valence-electron chi connectivity index (χ0n) is 20.5. The van der Waals surface area contributed by atoms with Gasteiger partial charge in [-0.1, -0.05) is 44.2 Å². The van der Waals surface area contributed by atoms with Gasteiger partial charge >= 0.3 is 5.97 Å². The lowest BCUT2D eigenvalue weighted by Gasteiger charge is -2.30. The zero-order chi connectivity index (χ0) is 24.8. The first-order valence-corrected chi connectivity index (χ1v) is 11.9. The van der Waals surface area contributed by atoms with Crippen LogP contribution in [-0.4, -0.2) is 66.2 Å². The Kier molecular flexibility index (Phi) is 8.47. The van der Waals surface area contributed by atoms with E-state index in [9.17, 15) is 19.2 Å². The van der Waals surface area contributed by atoms with Gasteiger partial charge in [0.05, 0.1) is 12.6 Å². The highest BCUT2D eigenvalue weighted by Crippen LogP contribution is 2.35. The molecule has 1 saturated heterocycles. The molecule has 3 amide bonds. The molecule has 1 unspecified atom stereocenters. The molecule has 34 heavy (non-hydrogen) atoms. The van der Waals surface area contributed by atoms with Crippen molar-refractivity contribution < 1.29 is 23.9 Å². The fraction of sp³-hybridized carbons (Fsp3) is 0.538. The lowest BCUT2D eigenvalue weighted by molar-refractivity contribution is -0.157. The minimum Gasteiger partial charge on any atom is -0.456 e. The first kappa shape index (κ1) is 25.5. The second-order valence-electron chi connectivity index (χ2n) is 9.41. The summed E-state index contributed by atoms with van der Waals surface area (Å²) in [5, 5.41) is 2.38. The largest absolute Gasteiger partial charge is 0.456 e. The van der Waals surface area contributed by atoms with Crippen LogP contribution in [0.4, 0.5) is 0 Å². The van der Waals surface area contributed by atoms with Crippen LogP contribution in [-0.2, 0) is 30.3 Å². The van der Waals surface area contributed by atoms with Crippen LogP contribution in [0.25, 0.3) is 0 Å². The molecule has 2 aliphatic rings. The Hall–Kier alpha value is -3.16. The molecule has 184 valence electrons. The van der Waals surface area contributed by atoms with Crippen LogP contribution in [0.5, 0.6) is 0 Å². The Balaban J connectivity index is 1.69. The number of likely N-dealkylation sites (N-methyl/N-ethyl adjacent to an activating group) is 1. The number of hydrogen-bond donors (Lipinski definition) is 1. The third-order valence-electron chi connectivity index (χ3n) is 6.74. The summed E-state index contributed by atoms with van der Waals surface area (Å²) in [6.07, 6.45) is 4.97. The van der Waals surface area contributed by atoms with E-state index in [2.05, 4.69) is 11.4 Å². The number of likely N-dealkylation sites (tertiary alicyclic amines) is 1. The highest BCUT2D eigenvalue weighted by Gasteiger charge is 2.38. The molecule has 1 N–H and O–H groups in total. The molecule has 0 radical (unpaired) electrons. The quantitative estimate of drug-likeness (QED) is 0.340. The molecule has 1 aliphatic heterocycles. The number of aryl methyl sites for hydroxylation is 1. The number of carbonyl (C=O) groups is 4. The summed E-state index contributed by atoms with van der Waals surface area (Å²) in [7, 11) is 1.66. The van der Waals surface area contributed by atoms with Gasteiger partial charge < -0.3 is 19.9 Å². The molecule has 8 nitrogen and oxygen atoms in total. The summed E-state index contributed by atoms with van der Waals surface area (Å²) in [6.45, 7) is 6.04. The molecule has 1 aromatic rings. The molecule has 1 heterocycles. The van der Waals surface area contributed by atoms with E-state index in [1.54, 1.807) is 24.9 Å². The second kappa shape index (κ2) is 11.3. The van der Waals surface area contributed by atoms with Gasteiger partial charge in [0.1, 0.15) is 12.1 Å². The Labute approximate surface area is 201 Å². The number of carbonyl (C=O) groups excluding carboxylic acids is 4. The van der Waals surface area contributed by atoms with Crippen LogP contribution in [0.2, 0.25) is 0 Å². The number of ether oxygens (including phenoxy) is 1. The van der Waals surface area contributed by atoms with Crippen LogP contribution in [0.3, 0.4) is 0 Å². The van der Waals surface area contributed by atoms with Crippen LogP contribution in [0.15, 0.2) is 35.9 Å².